The fourth-order valence-corrected chi connectivity index (χ4v) is 4.92. The number of hydrogen-bond acceptors (Lipinski definition) is 6. The molecule has 0 radical (unpaired) electrons. The number of aromatic nitrogens is 1. The molecule has 0 unspecified atom stereocenters. The van der Waals surface area contributed by atoms with Crippen LogP contribution in [0.2, 0.25) is 0 Å². The molecule has 144 valence electrons. The molecule has 0 spiro atoms. The molecule has 1 N–H and O–H groups in total. The van der Waals surface area contributed by atoms with Crippen molar-refractivity contribution >= 4 is 38.3 Å². The van der Waals surface area contributed by atoms with E-state index >= 15 is 0 Å². The molecule has 0 atom stereocenters. The second-order valence-corrected chi connectivity index (χ2v) is 9.67. The average molecular weight is 401 g/mol. The summed E-state index contributed by atoms with van der Waals surface area (Å²) in [5.74, 6) is 0.0267. The molecule has 1 aliphatic carbocycles. The number of carbonyl (C=O) groups is 2. The molecule has 8 nitrogen and oxygen atoms in total. The van der Waals surface area contributed by atoms with Gasteiger partial charge in [-0.25, -0.2) is 13.4 Å². The number of piperazine rings is 1. The Bertz CT molecular complexity index is 763. The molecule has 0 bridgehead atoms. The van der Waals surface area contributed by atoms with Gasteiger partial charge in [0.1, 0.15) is 0 Å². The third kappa shape index (κ3) is 4.80. The highest BCUT2D eigenvalue weighted by Crippen LogP contribution is 2.26. The van der Waals surface area contributed by atoms with Crippen molar-refractivity contribution < 1.29 is 18.0 Å². The molecule has 1 aromatic heterocycles. The summed E-state index contributed by atoms with van der Waals surface area (Å²) in [4.78, 5) is 30.5. The molecule has 1 aliphatic heterocycles. The number of amides is 2. The third-order valence-electron chi connectivity index (χ3n) is 4.90. The summed E-state index contributed by atoms with van der Waals surface area (Å²) in [6.45, 7) is 1.43. The Morgan fingerprint density at radius 2 is 1.88 bits per heavy atom. The van der Waals surface area contributed by atoms with Crippen molar-refractivity contribution in [1.29, 1.82) is 0 Å². The summed E-state index contributed by atoms with van der Waals surface area (Å²) in [5.41, 5.74) is 0.632. The molecule has 2 heterocycles. The van der Waals surface area contributed by atoms with E-state index in [1.54, 1.807) is 10.3 Å². The molecule has 1 saturated heterocycles. The summed E-state index contributed by atoms with van der Waals surface area (Å²) in [5, 5.41) is 5.17. The maximum absolute atomic E-state index is 12.4. The largest absolute Gasteiger partial charge is 0.340 e. The predicted octanol–water partition coefficient (Wildman–Crippen LogP) is 0.918. The zero-order valence-electron chi connectivity index (χ0n) is 14.8. The second kappa shape index (κ2) is 8.01. The van der Waals surface area contributed by atoms with Gasteiger partial charge in [0.2, 0.25) is 21.8 Å². The first-order valence-electron chi connectivity index (χ1n) is 8.81. The molecule has 26 heavy (non-hydrogen) atoms. The van der Waals surface area contributed by atoms with Gasteiger partial charge >= 0.3 is 0 Å². The Labute approximate surface area is 157 Å². The fraction of sp³-hybridized carbons (Fsp3) is 0.688. The van der Waals surface area contributed by atoms with E-state index in [1.807, 2.05) is 0 Å². The molecular weight excluding hydrogens is 376 g/mol. The number of hydrogen-bond donors (Lipinski definition) is 1. The highest BCUT2D eigenvalue weighted by atomic mass is 32.2. The standard InChI is InChI=1S/C16H24N4O4S2/c1-26(23,24)20-8-6-19(7-9-20)14(21)10-13-11-25-16(17-13)18-15(22)12-4-2-3-5-12/h11-12H,2-10H2,1H3,(H,17,18,22). The minimum absolute atomic E-state index is 0.0200. The van der Waals surface area contributed by atoms with Crippen molar-refractivity contribution in [2.75, 3.05) is 37.8 Å². The molecule has 10 heteroatoms. The monoisotopic (exact) mass is 400 g/mol. The minimum Gasteiger partial charge on any atom is -0.340 e. The Morgan fingerprint density at radius 3 is 2.50 bits per heavy atom. The predicted molar refractivity (Wildman–Crippen MR) is 99.4 cm³/mol. The van der Waals surface area contributed by atoms with Crippen LogP contribution >= 0.6 is 11.3 Å². The Balaban J connectivity index is 1.49. The SMILES string of the molecule is CS(=O)(=O)N1CCN(C(=O)Cc2csc(NC(=O)C3CCCC3)n2)CC1. The van der Waals surface area contributed by atoms with E-state index in [0.29, 0.717) is 37.0 Å². The molecule has 3 rings (SSSR count). The lowest BCUT2D eigenvalue weighted by Gasteiger charge is -2.33. The Kier molecular flexibility index (Phi) is 5.93. The molecule has 1 aromatic rings. The van der Waals surface area contributed by atoms with Crippen molar-refractivity contribution in [2.24, 2.45) is 5.92 Å². The van der Waals surface area contributed by atoms with E-state index < -0.39 is 10.0 Å². The van der Waals surface area contributed by atoms with Gasteiger partial charge in [-0.2, -0.15) is 4.31 Å². The van der Waals surface area contributed by atoms with Crippen molar-refractivity contribution in [3.8, 4) is 0 Å². The number of nitrogens with one attached hydrogen (secondary N) is 1. The number of anilines is 1. The third-order valence-corrected chi connectivity index (χ3v) is 7.01. The van der Waals surface area contributed by atoms with Gasteiger partial charge in [0.05, 0.1) is 18.4 Å². The summed E-state index contributed by atoms with van der Waals surface area (Å²) in [6.07, 6.45) is 5.41. The summed E-state index contributed by atoms with van der Waals surface area (Å²) >= 11 is 1.33. The number of nitrogens with zero attached hydrogens (tertiary/aromatic N) is 3. The van der Waals surface area contributed by atoms with Gasteiger partial charge < -0.3 is 10.2 Å². The maximum Gasteiger partial charge on any atom is 0.229 e. The second-order valence-electron chi connectivity index (χ2n) is 6.83. The van der Waals surface area contributed by atoms with E-state index in [2.05, 4.69) is 10.3 Å². The van der Waals surface area contributed by atoms with Gasteiger partial charge in [0.25, 0.3) is 0 Å². The topological polar surface area (TPSA) is 99.7 Å². The number of rotatable bonds is 5. The first kappa shape index (κ1) is 19.2. The van der Waals surface area contributed by atoms with Crippen molar-refractivity contribution in [2.45, 2.75) is 32.1 Å². The molecular formula is C16H24N4O4S2. The van der Waals surface area contributed by atoms with Crippen LogP contribution in [-0.4, -0.2) is 66.9 Å². The quantitative estimate of drug-likeness (QED) is 0.792. The van der Waals surface area contributed by atoms with Gasteiger partial charge in [0, 0.05) is 37.5 Å². The molecule has 1 saturated carbocycles. The van der Waals surface area contributed by atoms with E-state index in [1.165, 1.54) is 21.9 Å². The van der Waals surface area contributed by atoms with E-state index in [9.17, 15) is 18.0 Å². The van der Waals surface area contributed by atoms with Crippen LogP contribution in [-0.2, 0) is 26.0 Å². The zero-order valence-corrected chi connectivity index (χ0v) is 16.4. The Morgan fingerprint density at radius 1 is 1.23 bits per heavy atom. The average Bonchev–Trinajstić information content (AvgIpc) is 3.26. The van der Waals surface area contributed by atoms with E-state index in [4.69, 9.17) is 0 Å². The van der Waals surface area contributed by atoms with Crippen molar-refractivity contribution in [3.63, 3.8) is 0 Å². The van der Waals surface area contributed by atoms with E-state index in [0.717, 1.165) is 25.7 Å². The summed E-state index contributed by atoms with van der Waals surface area (Å²) in [6, 6.07) is 0. The minimum atomic E-state index is -3.20. The van der Waals surface area contributed by atoms with Crippen molar-refractivity contribution in [1.82, 2.24) is 14.2 Å². The van der Waals surface area contributed by atoms with Crippen LogP contribution in [0.4, 0.5) is 5.13 Å². The lowest BCUT2D eigenvalue weighted by molar-refractivity contribution is -0.131. The van der Waals surface area contributed by atoms with E-state index in [-0.39, 0.29) is 24.2 Å². The smallest absolute Gasteiger partial charge is 0.229 e. The van der Waals surface area contributed by atoms with Crippen LogP contribution in [0.3, 0.4) is 0 Å². The van der Waals surface area contributed by atoms with Gasteiger partial charge in [-0.1, -0.05) is 12.8 Å². The van der Waals surface area contributed by atoms with Crippen LogP contribution < -0.4 is 5.32 Å². The Hall–Kier alpha value is -1.52. The van der Waals surface area contributed by atoms with Crippen LogP contribution in [0.25, 0.3) is 0 Å². The lowest BCUT2D eigenvalue weighted by Crippen LogP contribution is -2.50. The molecule has 2 fully saturated rings. The first-order valence-corrected chi connectivity index (χ1v) is 11.5. The summed E-state index contributed by atoms with van der Waals surface area (Å²) < 4.78 is 24.4. The first-order chi connectivity index (χ1) is 12.3. The molecule has 2 aliphatic rings. The van der Waals surface area contributed by atoms with Crippen molar-refractivity contribution in [3.05, 3.63) is 11.1 Å². The van der Waals surface area contributed by atoms with Gasteiger partial charge in [-0.15, -0.1) is 11.3 Å². The zero-order chi connectivity index (χ0) is 18.7. The normalized spacial score (nSPS) is 19.7. The highest BCUT2D eigenvalue weighted by Gasteiger charge is 2.27. The number of sulfonamides is 1. The fourth-order valence-electron chi connectivity index (χ4n) is 3.38. The van der Waals surface area contributed by atoms with Gasteiger partial charge in [-0.05, 0) is 12.8 Å². The van der Waals surface area contributed by atoms with Gasteiger partial charge in [-0.3, -0.25) is 9.59 Å². The number of thiazole rings is 1. The van der Waals surface area contributed by atoms with Crippen LogP contribution in [0, 0.1) is 5.92 Å². The van der Waals surface area contributed by atoms with Gasteiger partial charge in [0.15, 0.2) is 5.13 Å². The number of carbonyl (C=O) groups excluding carboxylic acids is 2. The van der Waals surface area contributed by atoms with Crippen LogP contribution in [0.15, 0.2) is 5.38 Å². The highest BCUT2D eigenvalue weighted by molar-refractivity contribution is 7.88. The van der Waals surface area contributed by atoms with Crippen LogP contribution in [0.1, 0.15) is 31.4 Å². The van der Waals surface area contributed by atoms with Crippen LogP contribution in [0.5, 0.6) is 0 Å². The molecule has 2 amide bonds. The summed E-state index contributed by atoms with van der Waals surface area (Å²) in [7, 11) is -3.20. The maximum atomic E-state index is 12.4. The molecule has 0 aromatic carbocycles. The lowest BCUT2D eigenvalue weighted by atomic mass is 10.1.